The molecular formula is C28H27NO2. The topological polar surface area (TPSA) is 42.2 Å². The van der Waals surface area contributed by atoms with Crippen LogP contribution in [0.15, 0.2) is 79.4 Å². The van der Waals surface area contributed by atoms with Crippen molar-refractivity contribution in [2.45, 2.75) is 26.9 Å². The molecule has 0 aliphatic heterocycles. The van der Waals surface area contributed by atoms with Crippen molar-refractivity contribution >= 4 is 11.6 Å². The quantitative estimate of drug-likeness (QED) is 0.223. The van der Waals surface area contributed by atoms with E-state index in [1.54, 1.807) is 0 Å². The monoisotopic (exact) mass is 409 g/mol. The van der Waals surface area contributed by atoms with Gasteiger partial charge < -0.3 is 9.47 Å². The first-order valence-electron chi connectivity index (χ1n) is 10.4. The van der Waals surface area contributed by atoms with Crippen molar-refractivity contribution in [2.24, 2.45) is 0 Å². The first-order chi connectivity index (χ1) is 15.1. The number of nitriles is 1. The summed E-state index contributed by atoms with van der Waals surface area (Å²) in [6.45, 7) is 8.88. The Morgan fingerprint density at radius 3 is 2.42 bits per heavy atom. The third-order valence-corrected chi connectivity index (χ3v) is 4.84. The number of nitrogens with zero attached hydrogens (tertiary/aromatic N) is 1. The maximum Gasteiger partial charge on any atom is 0.165 e. The van der Waals surface area contributed by atoms with Crippen LogP contribution in [-0.2, 0) is 13.0 Å². The van der Waals surface area contributed by atoms with E-state index in [2.05, 4.69) is 43.8 Å². The van der Waals surface area contributed by atoms with E-state index in [9.17, 15) is 5.26 Å². The highest BCUT2D eigenvalue weighted by molar-refractivity contribution is 5.90. The Labute approximate surface area is 184 Å². The van der Waals surface area contributed by atoms with Crippen molar-refractivity contribution in [3.63, 3.8) is 0 Å². The van der Waals surface area contributed by atoms with Gasteiger partial charge in [0.2, 0.25) is 0 Å². The molecule has 31 heavy (non-hydrogen) atoms. The zero-order valence-corrected chi connectivity index (χ0v) is 18.1. The van der Waals surface area contributed by atoms with E-state index in [1.807, 2.05) is 61.5 Å². The Morgan fingerprint density at radius 1 is 1.03 bits per heavy atom. The van der Waals surface area contributed by atoms with Gasteiger partial charge in [-0.2, -0.15) is 5.26 Å². The van der Waals surface area contributed by atoms with Crippen LogP contribution in [0.2, 0.25) is 0 Å². The maximum atomic E-state index is 9.68. The Bertz CT molecular complexity index is 1090. The molecule has 0 fully saturated rings. The molecule has 3 rings (SSSR count). The highest BCUT2D eigenvalue weighted by Gasteiger charge is 2.14. The van der Waals surface area contributed by atoms with Gasteiger partial charge in [-0.05, 0) is 55.2 Å². The molecule has 0 bridgehead atoms. The molecule has 0 aromatic heterocycles. The Balaban J connectivity index is 1.99. The van der Waals surface area contributed by atoms with E-state index in [1.165, 1.54) is 5.56 Å². The van der Waals surface area contributed by atoms with Crippen LogP contribution in [0.1, 0.15) is 34.7 Å². The van der Waals surface area contributed by atoms with Crippen molar-refractivity contribution in [1.82, 2.24) is 0 Å². The fourth-order valence-electron chi connectivity index (χ4n) is 3.30. The fourth-order valence-corrected chi connectivity index (χ4v) is 3.30. The van der Waals surface area contributed by atoms with Gasteiger partial charge in [0.05, 0.1) is 18.2 Å². The molecule has 0 atom stereocenters. The van der Waals surface area contributed by atoms with Crippen LogP contribution in [0.5, 0.6) is 11.5 Å². The minimum absolute atomic E-state index is 0.452. The van der Waals surface area contributed by atoms with Gasteiger partial charge in [0.25, 0.3) is 0 Å². The molecular weight excluding hydrogens is 382 g/mol. The number of rotatable bonds is 9. The van der Waals surface area contributed by atoms with Crippen LogP contribution in [0.3, 0.4) is 0 Å². The molecule has 3 aromatic carbocycles. The van der Waals surface area contributed by atoms with Crippen LogP contribution in [0, 0.1) is 18.3 Å². The van der Waals surface area contributed by atoms with E-state index in [0.717, 1.165) is 28.0 Å². The van der Waals surface area contributed by atoms with Crippen LogP contribution in [-0.4, -0.2) is 6.61 Å². The maximum absolute atomic E-state index is 9.68. The van der Waals surface area contributed by atoms with E-state index < -0.39 is 0 Å². The number of aryl methyl sites for hydroxylation is 1. The first-order valence-corrected chi connectivity index (χ1v) is 10.4. The number of benzene rings is 3. The summed E-state index contributed by atoms with van der Waals surface area (Å²) in [5.74, 6) is 1.39. The van der Waals surface area contributed by atoms with Gasteiger partial charge in [0.15, 0.2) is 11.5 Å². The summed E-state index contributed by atoms with van der Waals surface area (Å²) in [5, 5.41) is 9.68. The van der Waals surface area contributed by atoms with Gasteiger partial charge in [-0.15, -0.1) is 6.58 Å². The average Bonchev–Trinajstić information content (AvgIpc) is 2.79. The lowest BCUT2D eigenvalue weighted by Crippen LogP contribution is -2.03. The smallest absolute Gasteiger partial charge is 0.165 e. The SMILES string of the molecule is C=CCc1cc(/C=C(\C#N)c2ccccc2)cc(OCC)c1OCc1ccc(C)cc1. The van der Waals surface area contributed by atoms with Gasteiger partial charge in [0, 0.05) is 5.56 Å². The summed E-state index contributed by atoms with van der Waals surface area (Å²) in [6.07, 6.45) is 4.37. The average molecular weight is 410 g/mol. The third kappa shape index (κ3) is 5.87. The molecule has 0 spiro atoms. The Hall–Kier alpha value is -3.77. The van der Waals surface area contributed by atoms with Gasteiger partial charge in [0.1, 0.15) is 6.61 Å². The van der Waals surface area contributed by atoms with E-state index >= 15 is 0 Å². The highest BCUT2D eigenvalue weighted by Crippen LogP contribution is 2.36. The van der Waals surface area contributed by atoms with Crippen LogP contribution in [0.4, 0.5) is 0 Å². The molecule has 3 aromatic rings. The highest BCUT2D eigenvalue weighted by atomic mass is 16.5. The molecule has 0 radical (unpaired) electrons. The molecule has 0 amide bonds. The first kappa shape index (κ1) is 21.9. The molecule has 3 heteroatoms. The summed E-state index contributed by atoms with van der Waals surface area (Å²) in [4.78, 5) is 0. The molecule has 0 N–H and O–H groups in total. The lowest BCUT2D eigenvalue weighted by Gasteiger charge is -2.17. The van der Waals surface area contributed by atoms with Gasteiger partial charge in [-0.1, -0.05) is 66.2 Å². The zero-order chi connectivity index (χ0) is 22.1. The zero-order valence-electron chi connectivity index (χ0n) is 18.1. The minimum Gasteiger partial charge on any atom is -0.490 e. The molecule has 0 heterocycles. The Morgan fingerprint density at radius 2 is 1.77 bits per heavy atom. The number of allylic oxidation sites excluding steroid dienone is 2. The molecule has 0 aliphatic rings. The molecule has 3 nitrogen and oxygen atoms in total. The molecule has 0 aliphatic carbocycles. The number of ether oxygens (including phenoxy) is 2. The van der Waals surface area contributed by atoms with Gasteiger partial charge in [-0.3, -0.25) is 0 Å². The lowest BCUT2D eigenvalue weighted by atomic mass is 10.0. The molecule has 0 unspecified atom stereocenters. The number of hydrogen-bond donors (Lipinski definition) is 0. The second-order valence-electron chi connectivity index (χ2n) is 7.24. The normalized spacial score (nSPS) is 10.9. The summed E-state index contributed by atoms with van der Waals surface area (Å²) in [6, 6.07) is 24.2. The standard InChI is InChI=1S/C28H27NO2/c1-4-9-25-16-23(17-26(19-29)24-10-7-6-8-11-24)18-27(30-5-2)28(25)31-20-22-14-12-21(3)13-15-22/h4,6-8,10-18H,1,5,9,20H2,2-3H3/b26-17+. The predicted molar refractivity (Wildman–Crippen MR) is 127 cm³/mol. The van der Waals surface area contributed by atoms with Crippen molar-refractivity contribution in [2.75, 3.05) is 6.61 Å². The summed E-state index contributed by atoms with van der Waals surface area (Å²) < 4.78 is 12.1. The van der Waals surface area contributed by atoms with Crippen molar-refractivity contribution in [1.29, 1.82) is 5.26 Å². The Kier molecular flexibility index (Phi) is 7.67. The fraction of sp³-hybridized carbons (Fsp3) is 0.179. The summed E-state index contributed by atoms with van der Waals surface area (Å²) in [5.41, 5.74) is 5.66. The summed E-state index contributed by atoms with van der Waals surface area (Å²) in [7, 11) is 0. The minimum atomic E-state index is 0.452. The van der Waals surface area contributed by atoms with Gasteiger partial charge in [-0.25, -0.2) is 0 Å². The molecule has 0 saturated carbocycles. The molecule has 0 saturated heterocycles. The van der Waals surface area contributed by atoms with E-state index in [0.29, 0.717) is 31.0 Å². The molecule has 156 valence electrons. The van der Waals surface area contributed by atoms with E-state index in [-0.39, 0.29) is 0 Å². The third-order valence-electron chi connectivity index (χ3n) is 4.84. The second kappa shape index (κ2) is 10.8. The van der Waals surface area contributed by atoms with Crippen molar-refractivity contribution in [3.05, 3.63) is 107 Å². The summed E-state index contributed by atoms with van der Waals surface area (Å²) >= 11 is 0. The lowest BCUT2D eigenvalue weighted by molar-refractivity contribution is 0.267. The van der Waals surface area contributed by atoms with Crippen molar-refractivity contribution in [3.8, 4) is 17.6 Å². The second-order valence-corrected chi connectivity index (χ2v) is 7.24. The predicted octanol–water partition coefficient (Wildman–Crippen LogP) is 6.77. The van der Waals surface area contributed by atoms with E-state index in [4.69, 9.17) is 9.47 Å². The van der Waals surface area contributed by atoms with Crippen molar-refractivity contribution < 1.29 is 9.47 Å². The number of hydrogen-bond acceptors (Lipinski definition) is 3. The largest absolute Gasteiger partial charge is 0.490 e. The van der Waals surface area contributed by atoms with Gasteiger partial charge >= 0.3 is 0 Å². The van der Waals surface area contributed by atoms with Crippen LogP contribution >= 0.6 is 0 Å². The van der Waals surface area contributed by atoms with Crippen LogP contribution in [0.25, 0.3) is 11.6 Å². The van der Waals surface area contributed by atoms with Crippen LogP contribution < -0.4 is 9.47 Å².